The van der Waals surface area contributed by atoms with Crippen LogP contribution in [0.2, 0.25) is 5.15 Å². The van der Waals surface area contributed by atoms with Gasteiger partial charge in [-0.05, 0) is 35.2 Å². The molecule has 1 fully saturated rings. The smallest absolute Gasteiger partial charge is 0.223 e. The quantitative estimate of drug-likeness (QED) is 0.304. The molecule has 6 nitrogen and oxygen atoms in total. The van der Waals surface area contributed by atoms with Crippen LogP contribution in [-0.2, 0) is 5.54 Å². The molecule has 2 aromatic rings. The van der Waals surface area contributed by atoms with Gasteiger partial charge in [-0.2, -0.15) is 11.8 Å². The highest BCUT2D eigenvalue weighted by Gasteiger charge is 2.39. The predicted octanol–water partition coefficient (Wildman–Crippen LogP) is 5.35. The zero-order valence-electron chi connectivity index (χ0n) is 14.6. The Morgan fingerprint density at radius 3 is 2.76 bits per heavy atom. The van der Waals surface area contributed by atoms with Crippen LogP contribution in [0.1, 0.15) is 32.8 Å². The molecule has 0 radical (unpaired) electrons. The average Bonchev–Trinajstić information content (AvgIpc) is 2.57. The predicted molar refractivity (Wildman–Crippen MR) is 102 cm³/mol. The Balaban J connectivity index is 2.04. The minimum absolute atomic E-state index is 0.153. The first-order chi connectivity index (χ1) is 11.9. The van der Waals surface area contributed by atoms with Crippen molar-refractivity contribution in [2.24, 2.45) is 11.0 Å². The third-order valence-electron chi connectivity index (χ3n) is 4.86. The van der Waals surface area contributed by atoms with Crippen molar-refractivity contribution in [2.45, 2.75) is 44.1 Å². The lowest BCUT2D eigenvalue weighted by atomic mass is 9.83. The standard InChI is InChI=1S/C17H20ClN5OS/c1-9-13(6-14(9)25-4)24-16-11-7-20-15(18)5-10(11)12(8-21-16)17(2,3)22-23-19/h5,7-9,13-14H,6H2,1-4H3/t9-,13+,14-/m1/s1. The molecule has 0 saturated heterocycles. The number of ether oxygens (including phenoxy) is 1. The Bertz CT molecular complexity index is 852. The maximum Gasteiger partial charge on any atom is 0.223 e. The van der Waals surface area contributed by atoms with Crippen molar-refractivity contribution < 1.29 is 4.74 Å². The third-order valence-corrected chi connectivity index (χ3v) is 6.29. The maximum absolute atomic E-state index is 8.85. The van der Waals surface area contributed by atoms with Gasteiger partial charge in [-0.25, -0.2) is 9.97 Å². The van der Waals surface area contributed by atoms with Crippen molar-refractivity contribution >= 4 is 34.1 Å². The van der Waals surface area contributed by atoms with Crippen molar-refractivity contribution in [1.82, 2.24) is 9.97 Å². The van der Waals surface area contributed by atoms with E-state index in [1.807, 2.05) is 25.6 Å². The molecule has 3 rings (SSSR count). The highest BCUT2D eigenvalue weighted by Crippen LogP contribution is 2.41. The number of thioether (sulfide) groups is 1. The number of azide groups is 1. The van der Waals surface area contributed by atoms with E-state index in [2.05, 4.69) is 33.2 Å². The minimum atomic E-state index is -0.753. The molecule has 0 aromatic carbocycles. The molecule has 0 aliphatic heterocycles. The molecule has 1 saturated carbocycles. The van der Waals surface area contributed by atoms with E-state index < -0.39 is 5.54 Å². The minimum Gasteiger partial charge on any atom is -0.474 e. The van der Waals surface area contributed by atoms with Gasteiger partial charge in [0.15, 0.2) is 0 Å². The van der Waals surface area contributed by atoms with E-state index >= 15 is 0 Å². The fourth-order valence-corrected chi connectivity index (χ4v) is 4.29. The molecule has 3 atom stereocenters. The molecule has 2 aromatic heterocycles. The maximum atomic E-state index is 8.85. The van der Waals surface area contributed by atoms with Gasteiger partial charge >= 0.3 is 0 Å². The summed E-state index contributed by atoms with van der Waals surface area (Å²) in [4.78, 5) is 11.6. The molecule has 0 spiro atoms. The molecule has 8 heteroatoms. The van der Waals surface area contributed by atoms with Crippen molar-refractivity contribution in [3.05, 3.63) is 39.6 Å². The highest BCUT2D eigenvalue weighted by molar-refractivity contribution is 7.99. The molecule has 1 aliphatic carbocycles. The normalized spacial score (nSPS) is 23.0. The second kappa shape index (κ2) is 6.90. The van der Waals surface area contributed by atoms with Gasteiger partial charge in [0.1, 0.15) is 11.3 Å². The number of pyridine rings is 2. The molecule has 25 heavy (non-hydrogen) atoms. The summed E-state index contributed by atoms with van der Waals surface area (Å²) in [6, 6.07) is 1.77. The van der Waals surface area contributed by atoms with Crippen LogP contribution in [0.25, 0.3) is 21.2 Å². The lowest BCUT2D eigenvalue weighted by Gasteiger charge is -2.41. The van der Waals surface area contributed by atoms with Crippen LogP contribution in [0.5, 0.6) is 5.88 Å². The third kappa shape index (κ3) is 3.36. The van der Waals surface area contributed by atoms with Gasteiger partial charge < -0.3 is 4.74 Å². The van der Waals surface area contributed by atoms with Gasteiger partial charge in [-0.15, -0.1) is 0 Å². The van der Waals surface area contributed by atoms with E-state index in [4.69, 9.17) is 21.9 Å². The molecule has 132 valence electrons. The SMILES string of the molecule is CS[C@@H]1C[C@H](Oc2ncc(C(C)(C)N=[N+]=[N-])c3cc(Cl)ncc23)[C@H]1C. The van der Waals surface area contributed by atoms with E-state index in [0.29, 0.717) is 22.2 Å². The van der Waals surface area contributed by atoms with Gasteiger partial charge in [0.05, 0.1) is 10.9 Å². The van der Waals surface area contributed by atoms with Crippen molar-refractivity contribution in [2.75, 3.05) is 6.26 Å². The monoisotopic (exact) mass is 377 g/mol. The summed E-state index contributed by atoms with van der Waals surface area (Å²) in [6.07, 6.45) is 6.67. The van der Waals surface area contributed by atoms with Crippen molar-refractivity contribution in [1.29, 1.82) is 0 Å². The second-order valence-corrected chi connectivity index (χ2v) is 8.27. The summed E-state index contributed by atoms with van der Waals surface area (Å²) >= 11 is 7.97. The van der Waals surface area contributed by atoms with Gasteiger partial charge in [0, 0.05) is 28.5 Å². The topological polar surface area (TPSA) is 83.8 Å². The first kappa shape index (κ1) is 18.1. The van der Waals surface area contributed by atoms with Crippen LogP contribution >= 0.6 is 23.4 Å². The number of hydrogen-bond acceptors (Lipinski definition) is 5. The first-order valence-corrected chi connectivity index (χ1v) is 9.74. The number of fused-ring (bicyclic) bond motifs is 1. The zero-order chi connectivity index (χ0) is 18.2. The Labute approximate surface area is 156 Å². The molecule has 0 amide bonds. The Morgan fingerprint density at radius 2 is 2.12 bits per heavy atom. The molecule has 0 bridgehead atoms. The molecule has 0 N–H and O–H groups in total. The largest absolute Gasteiger partial charge is 0.474 e. The van der Waals surface area contributed by atoms with E-state index in [-0.39, 0.29) is 6.10 Å². The average molecular weight is 378 g/mol. The summed E-state index contributed by atoms with van der Waals surface area (Å²) in [5, 5.41) is 6.52. The fraction of sp³-hybridized carbons (Fsp3) is 0.529. The highest BCUT2D eigenvalue weighted by atomic mass is 35.5. The van der Waals surface area contributed by atoms with Gasteiger partial charge in [0.2, 0.25) is 5.88 Å². The Morgan fingerprint density at radius 1 is 1.36 bits per heavy atom. The van der Waals surface area contributed by atoms with E-state index in [1.165, 1.54) is 0 Å². The van der Waals surface area contributed by atoms with E-state index in [1.54, 1.807) is 18.5 Å². The van der Waals surface area contributed by atoms with Crippen LogP contribution in [0.3, 0.4) is 0 Å². The van der Waals surface area contributed by atoms with Crippen LogP contribution in [0.15, 0.2) is 23.6 Å². The molecular weight excluding hydrogens is 358 g/mol. The fourth-order valence-electron chi connectivity index (χ4n) is 3.14. The van der Waals surface area contributed by atoms with E-state index in [0.717, 1.165) is 22.8 Å². The number of halogens is 1. The number of aromatic nitrogens is 2. The lowest BCUT2D eigenvalue weighted by Crippen LogP contribution is -2.45. The lowest BCUT2D eigenvalue weighted by molar-refractivity contribution is 0.0622. The zero-order valence-corrected chi connectivity index (χ0v) is 16.2. The van der Waals surface area contributed by atoms with Gasteiger partial charge in [-0.1, -0.05) is 37.5 Å². The van der Waals surface area contributed by atoms with Crippen LogP contribution < -0.4 is 4.74 Å². The number of hydrogen-bond donors (Lipinski definition) is 0. The molecule has 2 heterocycles. The van der Waals surface area contributed by atoms with E-state index in [9.17, 15) is 0 Å². The van der Waals surface area contributed by atoms with Gasteiger partial charge in [-0.3, -0.25) is 0 Å². The first-order valence-electron chi connectivity index (χ1n) is 8.08. The van der Waals surface area contributed by atoms with Crippen molar-refractivity contribution in [3.8, 4) is 5.88 Å². The summed E-state index contributed by atoms with van der Waals surface area (Å²) in [6.45, 7) is 5.88. The van der Waals surface area contributed by atoms with Crippen LogP contribution in [-0.4, -0.2) is 27.6 Å². The number of rotatable bonds is 5. The van der Waals surface area contributed by atoms with Crippen molar-refractivity contribution in [3.63, 3.8) is 0 Å². The Hall–Kier alpha value is -1.69. The molecular formula is C17H20ClN5OS. The summed E-state index contributed by atoms with van der Waals surface area (Å²) < 4.78 is 6.16. The van der Waals surface area contributed by atoms with Crippen LogP contribution in [0.4, 0.5) is 0 Å². The second-order valence-electron chi connectivity index (χ2n) is 6.80. The number of nitrogens with zero attached hydrogens (tertiary/aromatic N) is 5. The summed E-state index contributed by atoms with van der Waals surface area (Å²) in [5.41, 5.74) is 8.89. The van der Waals surface area contributed by atoms with Crippen LogP contribution in [0, 0.1) is 5.92 Å². The molecule has 0 unspecified atom stereocenters. The Kier molecular flexibility index (Phi) is 5.00. The molecule has 1 aliphatic rings. The van der Waals surface area contributed by atoms with Gasteiger partial charge in [0.25, 0.3) is 0 Å². The summed E-state index contributed by atoms with van der Waals surface area (Å²) in [5.74, 6) is 1.03. The summed E-state index contributed by atoms with van der Waals surface area (Å²) in [7, 11) is 0.